The lowest BCUT2D eigenvalue weighted by Crippen LogP contribution is -2.23. The Kier molecular flexibility index (Phi) is 5.50. The molecule has 26 heavy (non-hydrogen) atoms. The van der Waals surface area contributed by atoms with Crippen molar-refractivity contribution < 1.29 is 4.79 Å². The maximum atomic E-state index is 12.9. The molecule has 2 aliphatic rings. The minimum atomic E-state index is 0.0930. The van der Waals surface area contributed by atoms with Crippen molar-refractivity contribution in [3.05, 3.63) is 71.3 Å². The highest BCUT2D eigenvalue weighted by molar-refractivity contribution is 5.84. The third-order valence-corrected chi connectivity index (χ3v) is 6.29. The Balaban J connectivity index is 1.41. The van der Waals surface area contributed by atoms with Crippen LogP contribution < -0.4 is 5.32 Å². The fourth-order valence-corrected chi connectivity index (χ4v) is 4.74. The highest BCUT2D eigenvalue weighted by Gasteiger charge is 2.33. The number of rotatable bonds is 5. The van der Waals surface area contributed by atoms with E-state index in [-0.39, 0.29) is 5.92 Å². The molecule has 2 aromatic carbocycles. The predicted molar refractivity (Wildman–Crippen MR) is 107 cm³/mol. The van der Waals surface area contributed by atoms with Crippen LogP contribution >= 0.6 is 0 Å². The molecule has 0 unspecified atom stereocenters. The van der Waals surface area contributed by atoms with Crippen LogP contribution in [0.5, 0.6) is 0 Å². The summed E-state index contributed by atoms with van der Waals surface area (Å²) in [6, 6.07) is 19.4. The SMILES string of the molecule is O=C(Cc1ccc(C2CCCCC2)cc1)[C@@H]1CNC[C@H]1c1ccccc1. The standard InChI is InChI=1S/C24H29NO/c26-24(23-17-25-16-22(23)21-9-5-2-6-10-21)15-18-11-13-20(14-12-18)19-7-3-1-4-8-19/h2,5-6,9-14,19,22-23,25H,1,3-4,7-8,15-17H2/t22-,23+/m0/s1. The highest BCUT2D eigenvalue weighted by atomic mass is 16.1. The molecule has 1 saturated carbocycles. The van der Waals surface area contributed by atoms with Gasteiger partial charge < -0.3 is 5.32 Å². The summed E-state index contributed by atoms with van der Waals surface area (Å²) in [6.07, 6.45) is 7.32. The Morgan fingerprint density at radius 3 is 2.31 bits per heavy atom. The number of Topliss-reactive ketones (excluding diaryl/α,β-unsaturated/α-hetero) is 1. The first-order chi connectivity index (χ1) is 12.8. The minimum Gasteiger partial charge on any atom is -0.315 e. The minimum absolute atomic E-state index is 0.0930. The van der Waals surface area contributed by atoms with Gasteiger partial charge in [-0.25, -0.2) is 0 Å². The molecule has 2 heteroatoms. The summed E-state index contributed by atoms with van der Waals surface area (Å²) in [5.74, 6) is 1.50. The van der Waals surface area contributed by atoms with Gasteiger partial charge in [0.05, 0.1) is 0 Å². The molecule has 1 aliphatic heterocycles. The van der Waals surface area contributed by atoms with Crippen LogP contribution in [0.4, 0.5) is 0 Å². The molecule has 0 bridgehead atoms. The fraction of sp³-hybridized carbons (Fsp3) is 0.458. The van der Waals surface area contributed by atoms with E-state index >= 15 is 0 Å². The van der Waals surface area contributed by atoms with Crippen molar-refractivity contribution in [1.29, 1.82) is 0 Å². The van der Waals surface area contributed by atoms with Crippen molar-refractivity contribution in [2.45, 2.75) is 50.4 Å². The van der Waals surface area contributed by atoms with Crippen LogP contribution in [0.15, 0.2) is 54.6 Å². The molecule has 0 radical (unpaired) electrons. The second-order valence-corrected chi connectivity index (χ2v) is 8.00. The summed E-state index contributed by atoms with van der Waals surface area (Å²) < 4.78 is 0. The van der Waals surface area contributed by atoms with Gasteiger partial charge in [0, 0.05) is 31.3 Å². The van der Waals surface area contributed by atoms with E-state index in [0.29, 0.717) is 18.1 Å². The quantitative estimate of drug-likeness (QED) is 0.838. The van der Waals surface area contributed by atoms with E-state index in [4.69, 9.17) is 0 Å². The number of carbonyl (C=O) groups excluding carboxylic acids is 1. The van der Waals surface area contributed by atoms with Crippen molar-refractivity contribution in [3.63, 3.8) is 0 Å². The molecule has 0 aromatic heterocycles. The lowest BCUT2D eigenvalue weighted by molar-refractivity contribution is -0.122. The van der Waals surface area contributed by atoms with E-state index in [1.54, 1.807) is 0 Å². The average molecular weight is 348 g/mol. The van der Waals surface area contributed by atoms with Gasteiger partial charge in [-0.2, -0.15) is 0 Å². The topological polar surface area (TPSA) is 29.1 Å². The molecule has 1 saturated heterocycles. The molecule has 0 spiro atoms. The molecule has 2 fully saturated rings. The number of benzene rings is 2. The van der Waals surface area contributed by atoms with Crippen LogP contribution in [0, 0.1) is 5.92 Å². The zero-order valence-corrected chi connectivity index (χ0v) is 15.5. The second-order valence-electron chi connectivity index (χ2n) is 8.00. The molecule has 1 aliphatic carbocycles. The van der Waals surface area contributed by atoms with Crippen LogP contribution in [0.1, 0.15) is 60.6 Å². The van der Waals surface area contributed by atoms with Crippen LogP contribution in [0.3, 0.4) is 0 Å². The van der Waals surface area contributed by atoms with E-state index in [2.05, 4.69) is 53.8 Å². The number of ketones is 1. The summed E-state index contributed by atoms with van der Waals surface area (Å²) in [5.41, 5.74) is 3.90. The third kappa shape index (κ3) is 3.91. The first kappa shape index (κ1) is 17.5. The van der Waals surface area contributed by atoms with E-state index < -0.39 is 0 Å². The second kappa shape index (κ2) is 8.18. The van der Waals surface area contributed by atoms with Crippen LogP contribution in [0.2, 0.25) is 0 Å². The van der Waals surface area contributed by atoms with Crippen molar-refractivity contribution in [3.8, 4) is 0 Å². The molecule has 2 nitrogen and oxygen atoms in total. The van der Waals surface area contributed by atoms with Crippen LogP contribution in [0.25, 0.3) is 0 Å². The van der Waals surface area contributed by atoms with Crippen LogP contribution in [-0.2, 0) is 11.2 Å². The summed E-state index contributed by atoms with van der Waals surface area (Å²) in [6.45, 7) is 1.71. The van der Waals surface area contributed by atoms with Crippen molar-refractivity contribution >= 4 is 5.78 Å². The molecule has 1 N–H and O–H groups in total. The highest BCUT2D eigenvalue weighted by Crippen LogP contribution is 2.33. The van der Waals surface area contributed by atoms with Gasteiger partial charge in [-0.05, 0) is 35.4 Å². The molecular weight excluding hydrogens is 318 g/mol. The lowest BCUT2D eigenvalue weighted by atomic mass is 9.82. The molecule has 1 heterocycles. The van der Waals surface area contributed by atoms with E-state index in [0.717, 1.165) is 24.6 Å². The zero-order valence-electron chi connectivity index (χ0n) is 15.5. The summed E-state index contributed by atoms with van der Waals surface area (Å²) in [7, 11) is 0. The molecule has 2 aromatic rings. The van der Waals surface area contributed by atoms with E-state index in [9.17, 15) is 4.79 Å². The molecule has 4 rings (SSSR count). The maximum Gasteiger partial charge on any atom is 0.142 e. The fourth-order valence-electron chi connectivity index (χ4n) is 4.74. The van der Waals surface area contributed by atoms with Gasteiger partial charge in [0.15, 0.2) is 0 Å². The van der Waals surface area contributed by atoms with Crippen molar-refractivity contribution in [2.24, 2.45) is 5.92 Å². The van der Waals surface area contributed by atoms with Gasteiger partial charge in [0.1, 0.15) is 5.78 Å². The first-order valence-electron chi connectivity index (χ1n) is 10.2. The Morgan fingerprint density at radius 1 is 0.846 bits per heavy atom. The Morgan fingerprint density at radius 2 is 1.58 bits per heavy atom. The predicted octanol–water partition coefficient (Wildman–Crippen LogP) is 4.85. The lowest BCUT2D eigenvalue weighted by Gasteiger charge is -2.22. The Labute approximate surface area is 157 Å². The normalized spacial score (nSPS) is 23.8. The number of carbonyl (C=O) groups is 1. The van der Waals surface area contributed by atoms with Gasteiger partial charge in [-0.1, -0.05) is 73.9 Å². The van der Waals surface area contributed by atoms with E-state index in [1.807, 2.05) is 6.07 Å². The maximum absolute atomic E-state index is 12.9. The molecule has 136 valence electrons. The zero-order chi connectivity index (χ0) is 17.8. The summed E-state index contributed by atoms with van der Waals surface area (Å²) in [4.78, 5) is 12.9. The number of nitrogens with one attached hydrogen (secondary N) is 1. The molecule has 0 amide bonds. The monoisotopic (exact) mass is 347 g/mol. The van der Waals surface area contributed by atoms with E-state index in [1.165, 1.54) is 43.2 Å². The molecular formula is C24H29NO. The first-order valence-corrected chi connectivity index (χ1v) is 10.2. The Bertz CT molecular complexity index is 716. The Hall–Kier alpha value is -1.93. The van der Waals surface area contributed by atoms with Crippen molar-refractivity contribution in [1.82, 2.24) is 5.32 Å². The number of hydrogen-bond acceptors (Lipinski definition) is 2. The summed E-state index contributed by atoms with van der Waals surface area (Å²) >= 11 is 0. The van der Waals surface area contributed by atoms with Crippen LogP contribution in [-0.4, -0.2) is 18.9 Å². The van der Waals surface area contributed by atoms with Gasteiger partial charge in [-0.3, -0.25) is 4.79 Å². The van der Waals surface area contributed by atoms with Gasteiger partial charge in [0.2, 0.25) is 0 Å². The van der Waals surface area contributed by atoms with Gasteiger partial charge >= 0.3 is 0 Å². The molecule has 2 atom stereocenters. The smallest absolute Gasteiger partial charge is 0.142 e. The average Bonchev–Trinajstić information content (AvgIpc) is 3.20. The van der Waals surface area contributed by atoms with Gasteiger partial charge in [-0.15, -0.1) is 0 Å². The summed E-state index contributed by atoms with van der Waals surface area (Å²) in [5, 5.41) is 3.42. The largest absolute Gasteiger partial charge is 0.315 e. The van der Waals surface area contributed by atoms with Gasteiger partial charge in [0.25, 0.3) is 0 Å². The number of hydrogen-bond donors (Lipinski definition) is 1. The third-order valence-electron chi connectivity index (χ3n) is 6.29. The van der Waals surface area contributed by atoms with Crippen molar-refractivity contribution in [2.75, 3.05) is 13.1 Å².